The van der Waals surface area contributed by atoms with Crippen molar-refractivity contribution in [2.24, 2.45) is 33.0 Å². The third kappa shape index (κ3) is 6.88. The Bertz CT molecular complexity index is 2450. The highest BCUT2D eigenvalue weighted by Crippen LogP contribution is 2.55. The van der Waals surface area contributed by atoms with Crippen LogP contribution in [0.25, 0.3) is 28.3 Å². The summed E-state index contributed by atoms with van der Waals surface area (Å²) >= 11 is 0. The summed E-state index contributed by atoms with van der Waals surface area (Å²) in [4.78, 5) is 9.77. The normalized spacial score (nSPS) is 24.4. The van der Waals surface area contributed by atoms with Crippen molar-refractivity contribution in [2.45, 2.75) is 86.2 Å². The number of hydrogen-bond acceptors (Lipinski definition) is 2. The predicted molar refractivity (Wildman–Crippen MR) is 243 cm³/mol. The van der Waals surface area contributed by atoms with E-state index in [1.54, 1.807) is 0 Å². The van der Waals surface area contributed by atoms with Crippen molar-refractivity contribution in [3.8, 4) is 16.9 Å². The van der Waals surface area contributed by atoms with Crippen molar-refractivity contribution >= 4 is 28.9 Å². The zero-order valence-corrected chi connectivity index (χ0v) is 35.0. The van der Waals surface area contributed by atoms with Gasteiger partial charge in [-0.15, -0.1) is 0 Å². The van der Waals surface area contributed by atoms with Gasteiger partial charge in [0.05, 0.1) is 0 Å². The maximum atomic E-state index is 7.11. The quantitative estimate of drug-likeness (QED) is 0.118. The Morgan fingerprint density at radius 1 is 0.912 bits per heavy atom. The molecule has 4 atom stereocenters. The zero-order valence-electron chi connectivity index (χ0n) is 35.0. The Labute approximate surface area is 340 Å². The first kappa shape index (κ1) is 38.4. The highest BCUT2D eigenvalue weighted by Gasteiger charge is 2.49. The maximum Gasteiger partial charge on any atom is 0.152 e. The first-order chi connectivity index (χ1) is 27.5. The van der Waals surface area contributed by atoms with E-state index >= 15 is 0 Å². The summed E-state index contributed by atoms with van der Waals surface area (Å²) in [5.74, 6) is 3.13. The molecule has 2 unspecified atom stereocenters. The van der Waals surface area contributed by atoms with E-state index in [-0.39, 0.29) is 17.4 Å². The number of amidine groups is 2. The van der Waals surface area contributed by atoms with Crippen molar-refractivity contribution in [1.29, 1.82) is 0 Å². The lowest BCUT2D eigenvalue weighted by atomic mass is 9.64. The van der Waals surface area contributed by atoms with Gasteiger partial charge < -0.3 is 10.5 Å². The Hall–Kier alpha value is -5.48. The van der Waals surface area contributed by atoms with Crippen LogP contribution in [0, 0.1) is 24.2 Å². The molecule has 0 saturated heterocycles. The van der Waals surface area contributed by atoms with Crippen molar-refractivity contribution in [1.82, 2.24) is 0 Å². The molecule has 0 spiro atoms. The van der Waals surface area contributed by atoms with Gasteiger partial charge >= 0.3 is 0 Å². The van der Waals surface area contributed by atoms with Gasteiger partial charge in [0, 0.05) is 41.0 Å². The molecular weight excluding hydrogens is 695 g/mol. The van der Waals surface area contributed by atoms with Crippen LogP contribution in [-0.4, -0.2) is 24.8 Å². The van der Waals surface area contributed by atoms with Crippen LogP contribution in [-0.2, 0) is 0 Å². The fourth-order valence-corrected chi connectivity index (χ4v) is 9.74. The summed E-state index contributed by atoms with van der Waals surface area (Å²) < 4.78 is 6.98. The number of fused-ring (bicyclic) bond motifs is 6. The SMILES string of the molecule is C/C=C\C(=C(/C)C1=Cc2ccccc2C2C=CC=C[C@H]12)c1ccccc1-c1cc2c(cc1C)OC1C2=C(/C(N)=N/C(=N\C)C2=CCCC=C(C)C2)C[C@H](C)C1(C)C. The van der Waals surface area contributed by atoms with Crippen LogP contribution >= 0.6 is 0 Å². The first-order valence-electron chi connectivity index (χ1n) is 20.8. The average molecular weight is 752 g/mol. The van der Waals surface area contributed by atoms with Crippen molar-refractivity contribution in [3.63, 3.8) is 0 Å². The Kier molecular flexibility index (Phi) is 10.4. The number of nitrogens with zero attached hydrogens (tertiary/aromatic N) is 2. The van der Waals surface area contributed by atoms with Crippen molar-refractivity contribution < 1.29 is 4.74 Å². The molecule has 5 aliphatic rings. The number of aryl methyl sites for hydroxylation is 1. The van der Waals surface area contributed by atoms with Gasteiger partial charge in [-0.2, -0.15) is 0 Å². The smallest absolute Gasteiger partial charge is 0.152 e. The van der Waals surface area contributed by atoms with E-state index in [0.29, 0.717) is 17.7 Å². The van der Waals surface area contributed by atoms with Crippen LogP contribution in [0.3, 0.4) is 0 Å². The van der Waals surface area contributed by atoms with Crippen LogP contribution < -0.4 is 10.5 Å². The van der Waals surface area contributed by atoms with Gasteiger partial charge in [0.1, 0.15) is 17.7 Å². The van der Waals surface area contributed by atoms with E-state index < -0.39 is 0 Å². The second-order valence-electron chi connectivity index (χ2n) is 17.2. The number of ether oxygens (including phenoxy) is 1. The van der Waals surface area contributed by atoms with Crippen molar-refractivity contribution in [3.05, 3.63) is 165 Å². The summed E-state index contributed by atoms with van der Waals surface area (Å²) in [6.07, 6.45) is 24.2. The van der Waals surface area contributed by atoms with E-state index in [9.17, 15) is 0 Å². The van der Waals surface area contributed by atoms with E-state index in [4.69, 9.17) is 15.5 Å². The van der Waals surface area contributed by atoms with Gasteiger partial charge in [-0.05, 0) is 127 Å². The van der Waals surface area contributed by atoms with Crippen LogP contribution in [0.1, 0.15) is 101 Å². The number of hydrogen-bond donors (Lipinski definition) is 1. The molecule has 0 bridgehead atoms. The summed E-state index contributed by atoms with van der Waals surface area (Å²) in [7, 11) is 1.83. The van der Waals surface area contributed by atoms with Crippen LogP contribution in [0.2, 0.25) is 0 Å². The van der Waals surface area contributed by atoms with Gasteiger partial charge in [0.2, 0.25) is 0 Å². The van der Waals surface area contributed by atoms with Crippen LogP contribution in [0.4, 0.5) is 0 Å². The molecular formula is C53H57N3O. The highest BCUT2D eigenvalue weighted by atomic mass is 16.5. The highest BCUT2D eigenvalue weighted by molar-refractivity contribution is 6.14. The van der Waals surface area contributed by atoms with Gasteiger partial charge in [-0.25, -0.2) is 4.99 Å². The molecule has 3 aromatic carbocycles. The maximum absolute atomic E-state index is 7.11. The lowest BCUT2D eigenvalue weighted by Gasteiger charge is -2.42. The minimum absolute atomic E-state index is 0.108. The molecule has 4 aliphatic carbocycles. The molecule has 0 aromatic heterocycles. The summed E-state index contributed by atoms with van der Waals surface area (Å²) in [6.45, 7) is 15.8. The van der Waals surface area contributed by atoms with Gasteiger partial charge in [0.15, 0.2) is 5.84 Å². The average Bonchev–Trinajstić information content (AvgIpc) is 3.45. The summed E-state index contributed by atoms with van der Waals surface area (Å²) in [5.41, 5.74) is 24.3. The molecule has 0 saturated carbocycles. The predicted octanol–water partition coefficient (Wildman–Crippen LogP) is 13.0. The van der Waals surface area contributed by atoms with Gasteiger partial charge in [-0.3, -0.25) is 4.99 Å². The van der Waals surface area contributed by atoms with Crippen LogP contribution in [0.15, 0.2) is 147 Å². The third-order valence-corrected chi connectivity index (χ3v) is 13.3. The van der Waals surface area contributed by atoms with E-state index in [2.05, 4.69) is 169 Å². The van der Waals surface area contributed by atoms with Crippen LogP contribution in [0.5, 0.6) is 5.75 Å². The third-order valence-electron chi connectivity index (χ3n) is 13.3. The number of rotatable bonds is 6. The summed E-state index contributed by atoms with van der Waals surface area (Å²) in [5, 5.41) is 0. The molecule has 0 radical (unpaired) electrons. The molecule has 2 N–H and O–H groups in total. The number of benzene rings is 3. The molecule has 4 nitrogen and oxygen atoms in total. The molecule has 3 aromatic rings. The Morgan fingerprint density at radius 3 is 2.44 bits per heavy atom. The van der Waals surface area contributed by atoms with Crippen molar-refractivity contribution in [2.75, 3.05) is 7.05 Å². The molecule has 0 fully saturated rings. The number of nitrogens with two attached hydrogens (primary N) is 1. The number of aliphatic imine (C=N–C) groups is 2. The number of allylic oxidation sites excluding steroid dienone is 12. The standard InChI is InChI=1S/C53H57N3O/c1-9-18-38(35(5)45-30-36-20-12-13-22-39(36)41-24-15-17-26-43(41)45)40-23-14-16-25-42(40)44-31-46-48(28-33(44)3)57-50-49(46)47(29-34(4)53(50,6)7)51(54)56-52(55-8)37-21-11-10-19-32(2)27-37/h9,12-26,28,30-31,34,41,43,50H,10-11,27,29H2,1-8H3,(H2,54,55,56)/b18-9-,38-35-/t34-,41?,43-,50?/m0/s1. The summed E-state index contributed by atoms with van der Waals surface area (Å²) in [6, 6.07) is 22.4. The fourth-order valence-electron chi connectivity index (χ4n) is 9.74. The molecule has 8 rings (SSSR count). The fraction of sp³-hybridized carbons (Fsp3) is 0.321. The van der Waals surface area contributed by atoms with Gasteiger partial charge in [0.25, 0.3) is 0 Å². The Morgan fingerprint density at radius 2 is 1.65 bits per heavy atom. The van der Waals surface area contributed by atoms with E-state index in [1.165, 1.54) is 61.2 Å². The lowest BCUT2D eigenvalue weighted by Crippen LogP contribution is -2.43. The zero-order chi connectivity index (χ0) is 40.0. The monoisotopic (exact) mass is 751 g/mol. The van der Waals surface area contributed by atoms with E-state index in [0.717, 1.165) is 54.0 Å². The second kappa shape index (κ2) is 15.5. The largest absolute Gasteiger partial charge is 0.484 e. The molecule has 1 heterocycles. The second-order valence-corrected chi connectivity index (χ2v) is 17.2. The minimum atomic E-state index is -0.137. The first-order valence-corrected chi connectivity index (χ1v) is 20.8. The Balaban J connectivity index is 1.27. The molecule has 1 aliphatic heterocycles. The lowest BCUT2D eigenvalue weighted by molar-refractivity contribution is 0.0737. The minimum Gasteiger partial charge on any atom is -0.484 e. The molecule has 57 heavy (non-hydrogen) atoms. The van der Waals surface area contributed by atoms with Gasteiger partial charge in [-0.1, -0.05) is 130 Å². The topological polar surface area (TPSA) is 60.0 Å². The molecule has 4 heteroatoms. The molecule has 290 valence electrons. The molecule has 0 amide bonds. The van der Waals surface area contributed by atoms with E-state index in [1.807, 2.05) is 7.05 Å².